The first-order valence-electron chi connectivity index (χ1n) is 7.62. The van der Waals surface area contributed by atoms with Crippen molar-refractivity contribution in [2.45, 2.75) is 64.2 Å². The summed E-state index contributed by atoms with van der Waals surface area (Å²) in [5, 5.41) is 12.0. The van der Waals surface area contributed by atoms with Gasteiger partial charge >= 0.3 is 0 Å². The van der Waals surface area contributed by atoms with Crippen molar-refractivity contribution in [3.63, 3.8) is 0 Å². The van der Waals surface area contributed by atoms with Crippen LogP contribution < -0.4 is 10.0 Å². The molecule has 0 rings (SSSR count). The van der Waals surface area contributed by atoms with E-state index >= 15 is 0 Å². The van der Waals surface area contributed by atoms with E-state index in [9.17, 15) is 13.5 Å². The van der Waals surface area contributed by atoms with Crippen molar-refractivity contribution in [3.8, 4) is 0 Å². The molecule has 2 atom stereocenters. The number of nitrogens with one attached hydrogen (secondary N) is 2. The smallest absolute Gasteiger partial charge is 0.214 e. The molecule has 6 heteroatoms. The Kier molecular flexibility index (Phi) is 10.5. The molecule has 0 radical (unpaired) electrons. The van der Waals surface area contributed by atoms with Gasteiger partial charge in [0.1, 0.15) is 0 Å². The van der Waals surface area contributed by atoms with Crippen molar-refractivity contribution in [3.05, 3.63) is 0 Å². The van der Waals surface area contributed by atoms with Crippen LogP contribution in [0.4, 0.5) is 0 Å². The molecule has 0 spiro atoms. The Morgan fingerprint density at radius 2 is 1.60 bits per heavy atom. The summed E-state index contributed by atoms with van der Waals surface area (Å²) < 4.78 is 27.2. The molecule has 0 fully saturated rings. The van der Waals surface area contributed by atoms with Crippen LogP contribution in [0, 0.1) is 5.92 Å². The molecule has 0 aromatic rings. The Labute approximate surface area is 124 Å². The zero-order valence-corrected chi connectivity index (χ0v) is 14.2. The fourth-order valence-electron chi connectivity index (χ4n) is 2.18. The van der Waals surface area contributed by atoms with Crippen molar-refractivity contribution in [2.24, 2.45) is 5.92 Å². The molecule has 0 aliphatic rings. The average Bonchev–Trinajstić information content (AvgIpc) is 2.32. The highest BCUT2D eigenvalue weighted by Crippen LogP contribution is 2.18. The first-order valence-corrected chi connectivity index (χ1v) is 9.17. The number of aliphatic hydroxyl groups excluding tert-OH is 1. The molecule has 0 bridgehead atoms. The molecule has 0 aliphatic carbocycles. The monoisotopic (exact) mass is 308 g/mol. The highest BCUT2D eigenvalue weighted by atomic mass is 32.2. The van der Waals surface area contributed by atoms with Crippen molar-refractivity contribution in [2.75, 3.05) is 20.1 Å². The van der Waals surface area contributed by atoms with Crippen LogP contribution in [0.1, 0.15) is 52.9 Å². The fourth-order valence-corrected chi connectivity index (χ4v) is 3.98. The molecule has 0 saturated heterocycles. The lowest BCUT2D eigenvalue weighted by molar-refractivity contribution is 0.179. The Morgan fingerprint density at radius 1 is 1.00 bits per heavy atom. The molecular formula is C14H32N2O3S. The number of hydrogen-bond donors (Lipinski definition) is 3. The normalized spacial score (nSPS) is 15.5. The standard InChI is InChI=1S/C14H32N2O3S/c1-12(2)14(9-8-13(3)17)20(18,19)16-11-7-5-6-10-15-4/h12-17H,5-11H2,1-4H3. The van der Waals surface area contributed by atoms with Crippen molar-refractivity contribution in [1.29, 1.82) is 0 Å². The summed E-state index contributed by atoms with van der Waals surface area (Å²) in [6.45, 7) is 7.00. The molecule has 3 N–H and O–H groups in total. The van der Waals surface area contributed by atoms with E-state index in [4.69, 9.17) is 0 Å². The maximum Gasteiger partial charge on any atom is 0.214 e. The van der Waals surface area contributed by atoms with Crippen LogP contribution in [0.25, 0.3) is 0 Å². The van der Waals surface area contributed by atoms with Gasteiger partial charge in [-0.1, -0.05) is 20.3 Å². The second-order valence-corrected chi connectivity index (χ2v) is 7.80. The van der Waals surface area contributed by atoms with E-state index in [0.29, 0.717) is 19.4 Å². The van der Waals surface area contributed by atoms with Crippen molar-refractivity contribution < 1.29 is 13.5 Å². The highest BCUT2D eigenvalue weighted by Gasteiger charge is 2.27. The largest absolute Gasteiger partial charge is 0.393 e. The molecule has 2 unspecified atom stereocenters. The molecule has 0 aromatic heterocycles. The van der Waals surface area contributed by atoms with Crippen LogP contribution in [0.5, 0.6) is 0 Å². The maximum absolute atomic E-state index is 12.3. The van der Waals surface area contributed by atoms with Crippen LogP contribution in [0.15, 0.2) is 0 Å². The Bertz CT molecular complexity index is 329. The van der Waals surface area contributed by atoms with E-state index in [-0.39, 0.29) is 5.92 Å². The third-order valence-corrected chi connectivity index (χ3v) is 5.60. The molecule has 5 nitrogen and oxygen atoms in total. The molecular weight excluding hydrogens is 276 g/mol. The molecule has 0 saturated carbocycles. The van der Waals surface area contributed by atoms with E-state index in [2.05, 4.69) is 10.0 Å². The van der Waals surface area contributed by atoms with E-state index in [1.807, 2.05) is 20.9 Å². The zero-order valence-electron chi connectivity index (χ0n) is 13.4. The van der Waals surface area contributed by atoms with Gasteiger partial charge in [-0.3, -0.25) is 0 Å². The first-order chi connectivity index (χ1) is 9.31. The number of rotatable bonds is 12. The predicted molar refractivity (Wildman–Crippen MR) is 84.2 cm³/mol. The zero-order chi connectivity index (χ0) is 15.6. The summed E-state index contributed by atoms with van der Waals surface area (Å²) in [5.74, 6) is 0.0514. The summed E-state index contributed by atoms with van der Waals surface area (Å²) >= 11 is 0. The van der Waals surface area contributed by atoms with Gasteiger partial charge in [0.15, 0.2) is 0 Å². The minimum atomic E-state index is -3.29. The van der Waals surface area contributed by atoms with E-state index in [1.54, 1.807) is 6.92 Å². The fraction of sp³-hybridized carbons (Fsp3) is 1.00. The predicted octanol–water partition coefficient (Wildman–Crippen LogP) is 1.48. The summed E-state index contributed by atoms with van der Waals surface area (Å²) in [7, 11) is -1.37. The molecule has 0 aromatic carbocycles. The molecule has 0 amide bonds. The van der Waals surface area contributed by atoms with Crippen molar-refractivity contribution in [1.82, 2.24) is 10.0 Å². The third kappa shape index (κ3) is 8.89. The minimum absolute atomic E-state index is 0.0514. The van der Waals surface area contributed by atoms with Crippen LogP contribution in [-0.2, 0) is 10.0 Å². The van der Waals surface area contributed by atoms with Gasteiger partial charge in [-0.2, -0.15) is 0 Å². The summed E-state index contributed by atoms with van der Waals surface area (Å²) in [4.78, 5) is 0. The quantitative estimate of drug-likeness (QED) is 0.477. The van der Waals surface area contributed by atoms with Gasteiger partial charge in [0.25, 0.3) is 0 Å². The molecule has 20 heavy (non-hydrogen) atoms. The van der Waals surface area contributed by atoms with Crippen LogP contribution in [0.2, 0.25) is 0 Å². The summed E-state index contributed by atoms with van der Waals surface area (Å²) in [6.07, 6.45) is 3.52. The lowest BCUT2D eigenvalue weighted by Crippen LogP contribution is -2.38. The summed E-state index contributed by atoms with van der Waals surface area (Å²) in [6, 6.07) is 0. The second kappa shape index (κ2) is 10.5. The highest BCUT2D eigenvalue weighted by molar-refractivity contribution is 7.90. The van der Waals surface area contributed by atoms with Gasteiger partial charge in [0, 0.05) is 6.54 Å². The Hall–Kier alpha value is -0.170. The van der Waals surface area contributed by atoms with Crippen LogP contribution >= 0.6 is 0 Å². The Morgan fingerprint density at radius 3 is 2.10 bits per heavy atom. The first kappa shape index (κ1) is 19.8. The SMILES string of the molecule is CNCCCCCNS(=O)(=O)C(CCC(C)O)C(C)C. The van der Waals surface area contributed by atoms with Gasteiger partial charge < -0.3 is 10.4 Å². The molecule has 122 valence electrons. The Balaban J connectivity index is 4.20. The minimum Gasteiger partial charge on any atom is -0.393 e. The van der Waals surface area contributed by atoms with Gasteiger partial charge in [0.05, 0.1) is 11.4 Å². The lowest BCUT2D eigenvalue weighted by Gasteiger charge is -2.22. The number of unbranched alkanes of at least 4 members (excludes halogenated alkanes) is 2. The van der Waals surface area contributed by atoms with E-state index in [0.717, 1.165) is 25.8 Å². The van der Waals surface area contributed by atoms with E-state index in [1.165, 1.54) is 0 Å². The van der Waals surface area contributed by atoms with Crippen LogP contribution in [0.3, 0.4) is 0 Å². The van der Waals surface area contributed by atoms with Crippen LogP contribution in [-0.4, -0.2) is 45.0 Å². The summed E-state index contributed by atoms with van der Waals surface area (Å²) in [5.41, 5.74) is 0. The average molecular weight is 308 g/mol. The lowest BCUT2D eigenvalue weighted by atomic mass is 10.0. The topological polar surface area (TPSA) is 78.4 Å². The molecule has 0 heterocycles. The maximum atomic E-state index is 12.3. The van der Waals surface area contributed by atoms with Crippen molar-refractivity contribution >= 4 is 10.0 Å². The van der Waals surface area contributed by atoms with Gasteiger partial charge in [-0.25, -0.2) is 13.1 Å². The third-order valence-electron chi connectivity index (χ3n) is 3.42. The van der Waals surface area contributed by atoms with Gasteiger partial charge in [-0.05, 0) is 52.1 Å². The number of hydrogen-bond acceptors (Lipinski definition) is 4. The van der Waals surface area contributed by atoms with Gasteiger partial charge in [0.2, 0.25) is 10.0 Å². The van der Waals surface area contributed by atoms with Gasteiger partial charge in [-0.15, -0.1) is 0 Å². The van der Waals surface area contributed by atoms with E-state index < -0.39 is 21.4 Å². The molecule has 0 aliphatic heterocycles. The number of aliphatic hydroxyl groups is 1. The second-order valence-electron chi connectivity index (χ2n) is 5.81. The number of sulfonamides is 1.